The molecule has 0 saturated heterocycles. The van der Waals surface area contributed by atoms with Gasteiger partial charge in [-0.3, -0.25) is 4.68 Å². The Morgan fingerprint density at radius 3 is 2.35 bits per heavy atom. The molecule has 0 amide bonds. The average molecular weight is 357 g/mol. The predicted octanol–water partition coefficient (Wildman–Crippen LogP) is 2.61. The van der Waals surface area contributed by atoms with Gasteiger partial charge in [0.1, 0.15) is 0 Å². The lowest BCUT2D eigenvalue weighted by Crippen LogP contribution is -2.12. The quantitative estimate of drug-likeness (QED) is 0.909. The third-order valence-corrected chi connectivity index (χ3v) is 5.49. The van der Waals surface area contributed by atoms with E-state index in [0.29, 0.717) is 0 Å². The minimum absolute atomic E-state index is 0.0118. The van der Waals surface area contributed by atoms with Gasteiger partial charge >= 0.3 is 5.97 Å². The number of sulfone groups is 1. The molecule has 0 saturated carbocycles. The van der Waals surface area contributed by atoms with Crippen molar-refractivity contribution in [1.29, 1.82) is 0 Å². The molecule has 2 rings (SSSR count). The first-order chi connectivity index (χ1) is 10.5. The van der Waals surface area contributed by atoms with E-state index in [-0.39, 0.29) is 27.6 Å². The standard InChI is InChI=1S/C15H17ClN2O4S/c1-8-9(2)17-18(10(8)3)7-12-13(23(4,21)22)6-5-11(14(12)16)15(19)20/h5-6H,7H2,1-4H3,(H,19,20). The minimum atomic E-state index is -3.55. The van der Waals surface area contributed by atoms with Crippen molar-refractivity contribution in [2.24, 2.45) is 0 Å². The molecule has 2 aromatic rings. The number of rotatable bonds is 4. The summed E-state index contributed by atoms with van der Waals surface area (Å²) in [6, 6.07) is 2.48. The Balaban J connectivity index is 2.70. The van der Waals surface area contributed by atoms with Crippen LogP contribution in [-0.4, -0.2) is 35.5 Å². The molecule has 0 aliphatic carbocycles. The summed E-state index contributed by atoms with van der Waals surface area (Å²) >= 11 is 6.18. The summed E-state index contributed by atoms with van der Waals surface area (Å²) in [4.78, 5) is 11.3. The molecule has 0 aliphatic heterocycles. The maximum Gasteiger partial charge on any atom is 0.337 e. The summed E-state index contributed by atoms with van der Waals surface area (Å²) in [6.45, 7) is 5.72. The fourth-order valence-corrected chi connectivity index (χ4v) is 3.64. The first kappa shape index (κ1) is 17.5. The monoisotopic (exact) mass is 356 g/mol. The molecule has 0 spiro atoms. The lowest BCUT2D eigenvalue weighted by atomic mass is 10.1. The van der Waals surface area contributed by atoms with E-state index in [1.807, 2.05) is 20.8 Å². The Bertz CT molecular complexity index is 901. The van der Waals surface area contributed by atoms with Crippen molar-refractivity contribution in [2.45, 2.75) is 32.2 Å². The summed E-state index contributed by atoms with van der Waals surface area (Å²) in [5.41, 5.74) is 2.80. The van der Waals surface area contributed by atoms with Crippen LogP contribution < -0.4 is 0 Å². The molecular formula is C15H17ClN2O4S. The summed E-state index contributed by atoms with van der Waals surface area (Å²) in [5, 5.41) is 13.5. The van der Waals surface area contributed by atoms with Crippen molar-refractivity contribution in [3.63, 3.8) is 0 Å². The van der Waals surface area contributed by atoms with Crippen molar-refractivity contribution >= 4 is 27.4 Å². The Morgan fingerprint density at radius 1 is 1.30 bits per heavy atom. The van der Waals surface area contributed by atoms with E-state index in [4.69, 9.17) is 11.6 Å². The van der Waals surface area contributed by atoms with Gasteiger partial charge in [0.05, 0.1) is 27.7 Å². The molecule has 0 atom stereocenters. The van der Waals surface area contributed by atoms with Crippen LogP contribution in [0.25, 0.3) is 0 Å². The topological polar surface area (TPSA) is 89.3 Å². The number of hydrogen-bond donors (Lipinski definition) is 1. The molecule has 0 fully saturated rings. The lowest BCUT2D eigenvalue weighted by Gasteiger charge is -2.13. The molecule has 23 heavy (non-hydrogen) atoms. The molecule has 1 heterocycles. The maximum atomic E-state index is 12.0. The van der Waals surface area contributed by atoms with E-state index in [0.717, 1.165) is 23.2 Å². The van der Waals surface area contributed by atoms with E-state index < -0.39 is 15.8 Å². The fourth-order valence-electron chi connectivity index (χ4n) is 2.35. The highest BCUT2D eigenvalue weighted by molar-refractivity contribution is 7.90. The second-order valence-electron chi connectivity index (χ2n) is 5.43. The van der Waals surface area contributed by atoms with Crippen LogP contribution >= 0.6 is 11.6 Å². The van der Waals surface area contributed by atoms with Crippen LogP contribution in [0.5, 0.6) is 0 Å². The lowest BCUT2D eigenvalue weighted by molar-refractivity contribution is 0.0697. The molecule has 6 nitrogen and oxygen atoms in total. The number of aryl methyl sites for hydroxylation is 1. The molecule has 0 aliphatic rings. The molecule has 124 valence electrons. The van der Waals surface area contributed by atoms with E-state index in [1.165, 1.54) is 12.1 Å². The number of carbonyl (C=O) groups is 1. The normalized spacial score (nSPS) is 11.7. The SMILES string of the molecule is Cc1nn(Cc2c(S(C)(=O)=O)ccc(C(=O)O)c2Cl)c(C)c1C. The molecular weight excluding hydrogens is 340 g/mol. The van der Waals surface area contributed by atoms with Crippen molar-refractivity contribution in [2.75, 3.05) is 6.26 Å². The third-order valence-electron chi connectivity index (χ3n) is 3.88. The Kier molecular flexibility index (Phi) is 4.54. The number of halogens is 1. The van der Waals surface area contributed by atoms with Gasteiger partial charge in [-0.15, -0.1) is 0 Å². The highest BCUT2D eigenvalue weighted by atomic mass is 35.5. The zero-order valence-electron chi connectivity index (χ0n) is 13.2. The van der Waals surface area contributed by atoms with E-state index in [2.05, 4.69) is 5.10 Å². The van der Waals surface area contributed by atoms with Gasteiger partial charge in [-0.05, 0) is 38.5 Å². The minimum Gasteiger partial charge on any atom is -0.478 e. The molecule has 0 bridgehead atoms. The van der Waals surface area contributed by atoms with Crippen LogP contribution in [0.1, 0.15) is 32.9 Å². The first-order valence-electron chi connectivity index (χ1n) is 6.79. The number of hydrogen-bond acceptors (Lipinski definition) is 4. The van der Waals surface area contributed by atoms with Gasteiger partial charge < -0.3 is 5.11 Å². The van der Waals surface area contributed by atoms with E-state index in [9.17, 15) is 18.3 Å². The Morgan fingerprint density at radius 2 is 1.91 bits per heavy atom. The van der Waals surface area contributed by atoms with Gasteiger partial charge in [0, 0.05) is 17.5 Å². The van der Waals surface area contributed by atoms with Crippen LogP contribution in [0, 0.1) is 20.8 Å². The van der Waals surface area contributed by atoms with Crippen molar-refractivity contribution < 1.29 is 18.3 Å². The van der Waals surface area contributed by atoms with E-state index >= 15 is 0 Å². The van der Waals surface area contributed by atoms with Crippen LogP contribution in [-0.2, 0) is 16.4 Å². The summed E-state index contributed by atoms with van der Waals surface area (Å²) in [6.07, 6.45) is 1.06. The van der Waals surface area contributed by atoms with Crippen molar-refractivity contribution in [1.82, 2.24) is 9.78 Å². The molecule has 0 radical (unpaired) electrons. The highest BCUT2D eigenvalue weighted by Crippen LogP contribution is 2.29. The highest BCUT2D eigenvalue weighted by Gasteiger charge is 2.22. The van der Waals surface area contributed by atoms with Gasteiger partial charge in [-0.1, -0.05) is 11.6 Å². The van der Waals surface area contributed by atoms with Crippen molar-refractivity contribution in [3.05, 3.63) is 45.2 Å². The van der Waals surface area contributed by atoms with E-state index in [1.54, 1.807) is 4.68 Å². The second kappa shape index (κ2) is 5.98. The molecule has 1 N–H and O–H groups in total. The Hall–Kier alpha value is -1.86. The van der Waals surface area contributed by atoms with Crippen LogP contribution in [0.15, 0.2) is 17.0 Å². The molecule has 1 aromatic carbocycles. The number of carboxylic acid groups (broad SMARTS) is 1. The molecule has 8 heteroatoms. The molecule has 0 unspecified atom stereocenters. The summed E-state index contributed by atoms with van der Waals surface area (Å²) < 4.78 is 25.6. The van der Waals surface area contributed by atoms with Gasteiger partial charge in [0.15, 0.2) is 9.84 Å². The average Bonchev–Trinajstić information content (AvgIpc) is 2.66. The number of nitrogens with zero attached hydrogens (tertiary/aromatic N) is 2. The van der Waals surface area contributed by atoms with Gasteiger partial charge in [0.25, 0.3) is 0 Å². The summed E-state index contributed by atoms with van der Waals surface area (Å²) in [5.74, 6) is -1.21. The van der Waals surface area contributed by atoms with Gasteiger partial charge in [-0.25, -0.2) is 13.2 Å². The number of benzene rings is 1. The third kappa shape index (κ3) is 3.25. The van der Waals surface area contributed by atoms with Crippen LogP contribution in [0.4, 0.5) is 0 Å². The number of aromatic carboxylic acids is 1. The fraction of sp³-hybridized carbons (Fsp3) is 0.333. The zero-order chi connectivity index (χ0) is 17.5. The largest absolute Gasteiger partial charge is 0.478 e. The first-order valence-corrected chi connectivity index (χ1v) is 9.06. The predicted molar refractivity (Wildman–Crippen MR) is 87.1 cm³/mol. The second-order valence-corrected chi connectivity index (χ2v) is 7.80. The van der Waals surface area contributed by atoms with Crippen molar-refractivity contribution in [3.8, 4) is 0 Å². The zero-order valence-corrected chi connectivity index (χ0v) is 14.8. The van der Waals surface area contributed by atoms with Crippen LogP contribution in [0.2, 0.25) is 5.02 Å². The maximum absolute atomic E-state index is 12.0. The number of carboxylic acids is 1. The van der Waals surface area contributed by atoms with Crippen LogP contribution in [0.3, 0.4) is 0 Å². The molecule has 1 aromatic heterocycles. The summed E-state index contributed by atoms with van der Waals surface area (Å²) in [7, 11) is -3.55. The Labute approximate surface area is 139 Å². The van der Waals surface area contributed by atoms with Gasteiger partial charge in [-0.2, -0.15) is 5.10 Å². The number of aromatic nitrogens is 2. The van der Waals surface area contributed by atoms with Gasteiger partial charge in [0.2, 0.25) is 0 Å². The smallest absolute Gasteiger partial charge is 0.337 e.